The first-order valence-corrected chi connectivity index (χ1v) is 8.28. The third-order valence-corrected chi connectivity index (χ3v) is 3.86. The Hall–Kier alpha value is -2.66. The van der Waals surface area contributed by atoms with Gasteiger partial charge in [-0.25, -0.2) is 0 Å². The minimum Gasteiger partial charge on any atom is -0.351 e. The van der Waals surface area contributed by atoms with Crippen LogP contribution < -0.4 is 10.6 Å². The summed E-state index contributed by atoms with van der Waals surface area (Å²) in [4.78, 5) is 26.7. The van der Waals surface area contributed by atoms with Crippen LogP contribution in [0.5, 0.6) is 0 Å². The minimum absolute atomic E-state index is 0.178. The molecule has 0 bridgehead atoms. The van der Waals surface area contributed by atoms with Crippen molar-refractivity contribution in [3.05, 3.63) is 64.7 Å². The van der Waals surface area contributed by atoms with E-state index in [1.165, 1.54) is 0 Å². The molecule has 0 radical (unpaired) electrons. The van der Waals surface area contributed by atoms with Crippen LogP contribution in [0.25, 0.3) is 0 Å². The van der Waals surface area contributed by atoms with Gasteiger partial charge in [0, 0.05) is 29.9 Å². The second-order valence-corrected chi connectivity index (χ2v) is 6.41. The van der Waals surface area contributed by atoms with Gasteiger partial charge in [0.15, 0.2) is 0 Å². The first-order chi connectivity index (χ1) is 11.9. The zero-order valence-corrected chi connectivity index (χ0v) is 15.2. The summed E-state index contributed by atoms with van der Waals surface area (Å²) in [5, 5.41) is 5.75. The molecule has 5 heteroatoms. The lowest BCUT2D eigenvalue weighted by molar-refractivity contribution is 0.0951. The molecule has 0 unspecified atom stereocenters. The fourth-order valence-corrected chi connectivity index (χ4v) is 2.45. The van der Waals surface area contributed by atoms with Crippen molar-refractivity contribution < 1.29 is 9.59 Å². The van der Waals surface area contributed by atoms with Crippen molar-refractivity contribution in [1.82, 2.24) is 10.2 Å². The molecule has 0 spiro atoms. The zero-order valence-electron chi connectivity index (χ0n) is 15.2. The third-order valence-electron chi connectivity index (χ3n) is 3.86. The Bertz CT molecular complexity index is 769. The molecular weight excluding hydrogens is 314 g/mol. The maximum absolute atomic E-state index is 12.5. The molecular formula is C20H25N3O2. The molecule has 0 heterocycles. The van der Waals surface area contributed by atoms with Gasteiger partial charge in [-0.3, -0.25) is 9.59 Å². The lowest BCUT2D eigenvalue weighted by atomic mass is 10.1. The topological polar surface area (TPSA) is 61.4 Å². The molecule has 0 saturated heterocycles. The number of hydrogen-bond donors (Lipinski definition) is 2. The Morgan fingerprint density at radius 2 is 1.64 bits per heavy atom. The summed E-state index contributed by atoms with van der Waals surface area (Å²) in [6.07, 6.45) is 0. The van der Waals surface area contributed by atoms with Crippen LogP contribution >= 0.6 is 0 Å². The first-order valence-electron chi connectivity index (χ1n) is 8.28. The Kier molecular flexibility index (Phi) is 6.31. The van der Waals surface area contributed by atoms with E-state index in [2.05, 4.69) is 10.6 Å². The van der Waals surface area contributed by atoms with Gasteiger partial charge in [0.2, 0.25) is 0 Å². The smallest absolute Gasteiger partial charge is 0.255 e. The van der Waals surface area contributed by atoms with E-state index in [9.17, 15) is 9.59 Å². The van der Waals surface area contributed by atoms with Crippen molar-refractivity contribution in [2.45, 2.75) is 13.8 Å². The van der Waals surface area contributed by atoms with E-state index in [-0.39, 0.29) is 11.8 Å². The molecule has 0 aromatic heterocycles. The molecule has 2 aromatic carbocycles. The van der Waals surface area contributed by atoms with Crippen LogP contribution in [-0.2, 0) is 0 Å². The average Bonchev–Trinajstić information content (AvgIpc) is 2.57. The molecule has 2 amide bonds. The van der Waals surface area contributed by atoms with Crippen molar-refractivity contribution in [3.63, 3.8) is 0 Å². The number of amides is 2. The van der Waals surface area contributed by atoms with E-state index in [0.29, 0.717) is 17.7 Å². The summed E-state index contributed by atoms with van der Waals surface area (Å²) < 4.78 is 0. The second-order valence-electron chi connectivity index (χ2n) is 6.41. The molecule has 25 heavy (non-hydrogen) atoms. The number of carbonyl (C=O) groups is 2. The molecule has 0 saturated carbocycles. The van der Waals surface area contributed by atoms with Gasteiger partial charge in [-0.2, -0.15) is 0 Å². The van der Waals surface area contributed by atoms with Gasteiger partial charge in [-0.05, 0) is 57.8 Å². The molecule has 5 nitrogen and oxygen atoms in total. The third kappa shape index (κ3) is 5.43. The maximum atomic E-state index is 12.5. The van der Waals surface area contributed by atoms with Crippen molar-refractivity contribution in [1.29, 1.82) is 0 Å². The highest BCUT2D eigenvalue weighted by atomic mass is 16.2. The van der Waals surface area contributed by atoms with Gasteiger partial charge < -0.3 is 15.5 Å². The van der Waals surface area contributed by atoms with Crippen LogP contribution in [0.4, 0.5) is 5.69 Å². The van der Waals surface area contributed by atoms with E-state index in [1.807, 2.05) is 51.0 Å². The summed E-state index contributed by atoms with van der Waals surface area (Å²) in [6.45, 7) is 5.29. The molecule has 0 aliphatic heterocycles. The highest BCUT2D eigenvalue weighted by Gasteiger charge is 2.11. The van der Waals surface area contributed by atoms with Gasteiger partial charge in [0.1, 0.15) is 0 Å². The van der Waals surface area contributed by atoms with Crippen molar-refractivity contribution >= 4 is 17.5 Å². The standard InChI is InChI=1S/C20H25N3O2/c1-14-8-9-18(15(2)12-14)22-20(25)17-7-5-6-16(13-17)19(24)21-10-11-23(3)4/h5-9,12-13H,10-11H2,1-4H3,(H,21,24)(H,22,25). The average molecular weight is 339 g/mol. The fourth-order valence-electron chi connectivity index (χ4n) is 2.45. The number of anilines is 1. The van der Waals surface area contributed by atoms with Crippen molar-refractivity contribution in [2.75, 3.05) is 32.5 Å². The van der Waals surface area contributed by atoms with E-state index >= 15 is 0 Å². The monoisotopic (exact) mass is 339 g/mol. The Morgan fingerprint density at radius 3 is 2.28 bits per heavy atom. The Balaban J connectivity index is 2.06. The minimum atomic E-state index is -0.227. The first kappa shape index (κ1) is 18.7. The van der Waals surface area contributed by atoms with Gasteiger partial charge in [-0.1, -0.05) is 23.8 Å². The number of carbonyl (C=O) groups excluding carboxylic acids is 2. The molecule has 2 N–H and O–H groups in total. The SMILES string of the molecule is Cc1ccc(NC(=O)c2cccc(C(=O)NCCN(C)C)c2)c(C)c1. The van der Waals surface area contributed by atoms with E-state index < -0.39 is 0 Å². The quantitative estimate of drug-likeness (QED) is 0.851. The van der Waals surface area contributed by atoms with Gasteiger partial charge in [-0.15, -0.1) is 0 Å². The van der Waals surface area contributed by atoms with Gasteiger partial charge in [0.05, 0.1) is 0 Å². The molecule has 132 valence electrons. The predicted molar refractivity (Wildman–Crippen MR) is 101 cm³/mol. The predicted octanol–water partition coefficient (Wildman–Crippen LogP) is 2.85. The van der Waals surface area contributed by atoms with Gasteiger partial charge in [0.25, 0.3) is 11.8 Å². The van der Waals surface area contributed by atoms with Crippen molar-refractivity contribution in [2.24, 2.45) is 0 Å². The maximum Gasteiger partial charge on any atom is 0.255 e. The molecule has 2 aromatic rings. The largest absolute Gasteiger partial charge is 0.351 e. The number of nitrogens with zero attached hydrogens (tertiary/aromatic N) is 1. The lowest BCUT2D eigenvalue weighted by Gasteiger charge is -2.12. The highest BCUT2D eigenvalue weighted by molar-refractivity contribution is 6.06. The van der Waals surface area contributed by atoms with Gasteiger partial charge >= 0.3 is 0 Å². The van der Waals surface area contributed by atoms with Crippen LogP contribution in [0.2, 0.25) is 0 Å². The summed E-state index contributed by atoms with van der Waals surface area (Å²) in [7, 11) is 3.90. The van der Waals surface area contributed by atoms with Crippen LogP contribution in [0.1, 0.15) is 31.8 Å². The number of rotatable bonds is 6. The Morgan fingerprint density at radius 1 is 0.960 bits per heavy atom. The lowest BCUT2D eigenvalue weighted by Crippen LogP contribution is -2.31. The molecule has 0 fully saturated rings. The van der Waals surface area contributed by atoms with E-state index in [4.69, 9.17) is 0 Å². The summed E-state index contributed by atoms with van der Waals surface area (Å²) in [5.41, 5.74) is 3.86. The van der Waals surface area contributed by atoms with E-state index in [1.54, 1.807) is 24.3 Å². The van der Waals surface area contributed by atoms with E-state index in [0.717, 1.165) is 23.4 Å². The highest BCUT2D eigenvalue weighted by Crippen LogP contribution is 2.17. The molecule has 0 aliphatic carbocycles. The molecule has 0 aliphatic rings. The van der Waals surface area contributed by atoms with Crippen LogP contribution in [0, 0.1) is 13.8 Å². The number of hydrogen-bond acceptors (Lipinski definition) is 3. The van der Waals surface area contributed by atoms with Crippen LogP contribution in [-0.4, -0.2) is 43.9 Å². The normalized spacial score (nSPS) is 10.6. The fraction of sp³-hybridized carbons (Fsp3) is 0.300. The number of nitrogens with one attached hydrogen (secondary N) is 2. The summed E-state index contributed by atoms with van der Waals surface area (Å²) in [5.74, 6) is -0.405. The summed E-state index contributed by atoms with van der Waals surface area (Å²) in [6, 6.07) is 12.6. The van der Waals surface area contributed by atoms with Crippen LogP contribution in [0.3, 0.4) is 0 Å². The Labute approximate surface area is 149 Å². The number of benzene rings is 2. The van der Waals surface area contributed by atoms with Crippen molar-refractivity contribution in [3.8, 4) is 0 Å². The van der Waals surface area contributed by atoms with Crippen LogP contribution in [0.15, 0.2) is 42.5 Å². The molecule has 0 atom stereocenters. The number of likely N-dealkylation sites (N-methyl/N-ethyl adjacent to an activating group) is 1. The number of aryl methyl sites for hydroxylation is 2. The second kappa shape index (κ2) is 8.44. The molecule has 2 rings (SSSR count). The summed E-state index contributed by atoms with van der Waals surface area (Å²) >= 11 is 0. The zero-order chi connectivity index (χ0) is 18.4.